The lowest BCUT2D eigenvalue weighted by Gasteiger charge is -2.30. The van der Waals surface area contributed by atoms with Gasteiger partial charge in [0.05, 0.1) is 23.8 Å². The van der Waals surface area contributed by atoms with Crippen LogP contribution in [0, 0.1) is 0 Å². The number of hydrogen-bond donors (Lipinski definition) is 4. The summed E-state index contributed by atoms with van der Waals surface area (Å²) in [6.07, 6.45) is 4.33. The Morgan fingerprint density at radius 1 is 0.750 bits per heavy atom. The van der Waals surface area contributed by atoms with Gasteiger partial charge in [0.2, 0.25) is 0 Å². The normalized spacial score (nSPS) is 27.1. The van der Waals surface area contributed by atoms with Gasteiger partial charge in [0.15, 0.2) is 0 Å². The van der Waals surface area contributed by atoms with Crippen molar-refractivity contribution in [3.8, 4) is 0 Å². The Labute approximate surface area is 253 Å². The second-order valence-electron chi connectivity index (χ2n) is 11.8. The van der Waals surface area contributed by atoms with Gasteiger partial charge in [-0.25, -0.2) is 20.5 Å². The van der Waals surface area contributed by atoms with Crippen molar-refractivity contribution in [2.24, 2.45) is 0 Å². The summed E-state index contributed by atoms with van der Waals surface area (Å²) in [5.74, 6) is -0.928. The molecule has 4 aliphatic heterocycles. The molecule has 1 aliphatic carbocycles. The number of hydroxylamine groups is 6. The maximum absolute atomic E-state index is 12.1. The summed E-state index contributed by atoms with van der Waals surface area (Å²) in [6.45, 7) is 5.57. The van der Waals surface area contributed by atoms with Crippen molar-refractivity contribution in [1.29, 1.82) is 0 Å². The molecule has 44 heavy (non-hydrogen) atoms. The van der Waals surface area contributed by atoms with Crippen molar-refractivity contribution in [2.75, 3.05) is 13.1 Å². The molecule has 22 heteroatoms. The van der Waals surface area contributed by atoms with Gasteiger partial charge in [-0.2, -0.15) is 27.0 Å². The lowest BCUT2D eigenvalue weighted by Crippen LogP contribution is -2.51. The third kappa shape index (κ3) is 8.44. The van der Waals surface area contributed by atoms with E-state index >= 15 is 0 Å². The Morgan fingerprint density at radius 2 is 1.18 bits per heavy atom. The molecule has 4 bridgehead atoms. The molecule has 4 saturated heterocycles. The van der Waals surface area contributed by atoms with E-state index in [4.69, 9.17) is 18.8 Å². The number of urea groups is 2. The van der Waals surface area contributed by atoms with Crippen LogP contribution in [-0.2, 0) is 48.6 Å². The minimum absolute atomic E-state index is 0.0222. The van der Waals surface area contributed by atoms with Crippen LogP contribution in [0.3, 0.4) is 0 Å². The number of fused-ring (bicyclic) bond motifs is 4. The zero-order chi connectivity index (χ0) is 32.6. The second kappa shape index (κ2) is 12.9. The predicted octanol–water partition coefficient (Wildman–Crippen LogP) is -0.575. The van der Waals surface area contributed by atoms with Gasteiger partial charge in [-0.05, 0) is 65.7 Å². The topological polar surface area (TPSA) is 251 Å². The summed E-state index contributed by atoms with van der Waals surface area (Å²) >= 11 is 0. The van der Waals surface area contributed by atoms with Gasteiger partial charge in [-0.15, -0.1) is 8.57 Å². The molecule has 5 fully saturated rings. The first kappa shape index (κ1) is 34.0. The van der Waals surface area contributed by atoms with Gasteiger partial charge in [0, 0.05) is 13.1 Å². The summed E-state index contributed by atoms with van der Waals surface area (Å²) in [6, 6.07) is -4.09. The summed E-state index contributed by atoms with van der Waals surface area (Å²) < 4.78 is 69.1. The maximum Gasteiger partial charge on any atom is 0.418 e. The fraction of sp³-hybridized carbons (Fsp3) is 0.818. The Hall–Kier alpha value is -2.86. The molecule has 0 radical (unpaired) electrons. The molecule has 0 unspecified atom stereocenters. The zero-order valence-electron chi connectivity index (χ0n) is 24.1. The molecular formula is C22H36N6O14S2. The third-order valence-electron chi connectivity index (χ3n) is 7.44. The van der Waals surface area contributed by atoms with Gasteiger partial charge in [-0.3, -0.25) is 28.4 Å². The minimum atomic E-state index is -4.79. The fourth-order valence-corrected chi connectivity index (χ4v) is 5.95. The largest absolute Gasteiger partial charge is 0.418 e. The Bertz CT molecular complexity index is 1350. The molecular weight excluding hydrogens is 636 g/mol. The Morgan fingerprint density at radius 3 is 1.55 bits per heavy atom. The van der Waals surface area contributed by atoms with Crippen molar-refractivity contribution >= 4 is 44.7 Å². The molecule has 0 aromatic heterocycles. The average molecular weight is 673 g/mol. The molecule has 0 spiro atoms. The lowest BCUT2D eigenvalue weighted by atomic mass is 9.97. The van der Waals surface area contributed by atoms with Crippen LogP contribution < -0.4 is 11.0 Å². The number of nitrogens with zero attached hydrogens (tertiary/aromatic N) is 4. The first-order chi connectivity index (χ1) is 20.3. The fourth-order valence-electron chi connectivity index (χ4n) is 5.18. The molecule has 4 N–H and O–H groups in total. The highest BCUT2D eigenvalue weighted by atomic mass is 32.3. The molecule has 4 atom stereocenters. The van der Waals surface area contributed by atoms with E-state index in [2.05, 4.69) is 19.5 Å². The Kier molecular flexibility index (Phi) is 9.95. The van der Waals surface area contributed by atoms with E-state index in [9.17, 15) is 36.0 Å². The number of nitrogens with one attached hydrogen (secondary N) is 2. The smallest absolute Gasteiger partial charge is 0.309 e. The van der Waals surface area contributed by atoms with Crippen molar-refractivity contribution in [2.45, 2.75) is 102 Å². The van der Waals surface area contributed by atoms with Crippen LogP contribution >= 0.6 is 0 Å². The monoisotopic (exact) mass is 672 g/mol. The van der Waals surface area contributed by atoms with E-state index in [1.54, 1.807) is 20.8 Å². The minimum Gasteiger partial charge on any atom is -0.309 e. The van der Waals surface area contributed by atoms with E-state index in [1.807, 2.05) is 0 Å². The molecule has 0 aromatic carbocycles. The number of carbonyl (C=O) groups excluding carboxylic acids is 4. The summed E-state index contributed by atoms with van der Waals surface area (Å²) in [7, 11) is -9.57. The SMILES string of the molecule is CC(C)(C)ONC(=O)[C@@H]1CC[C@@H]2CN1C(=O)N2OS(=O)(=O)O.O=C(NOC1CCC1)[C@@H]1CC[C@@H]2CN1C(=O)N2OS(=O)(=O)O. The summed E-state index contributed by atoms with van der Waals surface area (Å²) in [5, 5.41) is 1.20. The van der Waals surface area contributed by atoms with E-state index in [1.165, 1.54) is 9.80 Å². The van der Waals surface area contributed by atoms with Crippen LogP contribution in [0.5, 0.6) is 0 Å². The van der Waals surface area contributed by atoms with Gasteiger partial charge in [0.1, 0.15) is 12.1 Å². The number of carbonyl (C=O) groups is 4. The lowest BCUT2D eigenvalue weighted by molar-refractivity contribution is -0.150. The number of piperidine rings is 2. The van der Waals surface area contributed by atoms with Crippen LogP contribution in [0.4, 0.5) is 9.59 Å². The number of amides is 6. The molecule has 20 nitrogen and oxygen atoms in total. The summed E-state index contributed by atoms with van der Waals surface area (Å²) in [4.78, 5) is 61.3. The van der Waals surface area contributed by atoms with Crippen LogP contribution in [0.15, 0.2) is 0 Å². The molecule has 5 aliphatic rings. The van der Waals surface area contributed by atoms with Crippen molar-refractivity contribution in [1.82, 2.24) is 30.9 Å². The van der Waals surface area contributed by atoms with Crippen LogP contribution in [0.2, 0.25) is 0 Å². The quantitative estimate of drug-likeness (QED) is 0.177. The van der Waals surface area contributed by atoms with Gasteiger partial charge in [0.25, 0.3) is 11.8 Å². The molecule has 5 rings (SSSR count). The van der Waals surface area contributed by atoms with E-state index in [0.717, 1.165) is 19.3 Å². The highest BCUT2D eigenvalue weighted by molar-refractivity contribution is 7.81. The van der Waals surface area contributed by atoms with Crippen LogP contribution in [0.25, 0.3) is 0 Å². The molecule has 4 heterocycles. The van der Waals surface area contributed by atoms with Crippen molar-refractivity contribution in [3.05, 3.63) is 0 Å². The summed E-state index contributed by atoms with van der Waals surface area (Å²) in [5.41, 5.74) is 4.08. The average Bonchev–Trinajstić information content (AvgIpc) is 3.24. The molecule has 1 saturated carbocycles. The molecule has 0 aromatic rings. The highest BCUT2D eigenvalue weighted by Gasteiger charge is 2.50. The van der Waals surface area contributed by atoms with E-state index in [-0.39, 0.29) is 19.2 Å². The highest BCUT2D eigenvalue weighted by Crippen LogP contribution is 2.32. The van der Waals surface area contributed by atoms with Gasteiger partial charge in [-0.1, -0.05) is 0 Å². The first-order valence-corrected chi connectivity index (χ1v) is 16.5. The van der Waals surface area contributed by atoms with Crippen molar-refractivity contribution < 1.29 is 63.4 Å². The first-order valence-electron chi connectivity index (χ1n) is 13.8. The van der Waals surface area contributed by atoms with Crippen molar-refractivity contribution in [3.63, 3.8) is 0 Å². The molecule has 6 amide bonds. The van der Waals surface area contributed by atoms with E-state index < -0.39 is 74.4 Å². The van der Waals surface area contributed by atoms with E-state index in [0.29, 0.717) is 35.8 Å². The van der Waals surface area contributed by atoms with Gasteiger partial charge < -0.3 is 9.80 Å². The van der Waals surface area contributed by atoms with Gasteiger partial charge >= 0.3 is 32.9 Å². The maximum atomic E-state index is 12.1. The number of rotatable bonds is 9. The second-order valence-corrected chi connectivity index (χ2v) is 13.8. The zero-order valence-corrected chi connectivity index (χ0v) is 25.8. The van der Waals surface area contributed by atoms with Crippen LogP contribution in [-0.4, -0.2) is 119 Å². The molecule has 250 valence electrons. The predicted molar refractivity (Wildman–Crippen MR) is 143 cm³/mol. The Balaban J connectivity index is 0.000000201. The standard InChI is InChI=1S/C11H17N3O7S.C11H19N3O7S/c15-10(12-20-8-2-1-3-8)9-5-4-7-6-13(9)11(16)14(7)21-22(17,18)19;1-11(2,3)20-12-9(15)8-5-4-7-6-13(8)10(16)14(7)21-22(17,18)19/h7-9H,1-6H2,(H,12,15)(H,17,18,19);7-8H,4-6H2,1-3H3,(H,12,15)(H,17,18,19)/t7-,9+;7-,8+/m11/s1. The van der Waals surface area contributed by atoms with Crippen LogP contribution in [0.1, 0.15) is 65.7 Å². The third-order valence-corrected chi connectivity index (χ3v) is 8.13. The number of hydrogen-bond acceptors (Lipinski definition) is 12.